The zero-order chi connectivity index (χ0) is 15.1. The molecule has 116 valence electrons. The Morgan fingerprint density at radius 3 is 2.68 bits per heavy atom. The molecule has 0 aromatic carbocycles. The van der Waals surface area contributed by atoms with Crippen molar-refractivity contribution < 1.29 is 9.59 Å². The molecule has 3 fully saturated rings. The maximum Gasteiger partial charge on any atom is 0.228 e. The van der Waals surface area contributed by atoms with Gasteiger partial charge < -0.3 is 9.80 Å². The molecule has 1 saturated carbocycles. The highest BCUT2D eigenvalue weighted by Gasteiger charge is 2.44. The van der Waals surface area contributed by atoms with Crippen LogP contribution in [-0.4, -0.2) is 45.7 Å². The Labute approximate surface area is 130 Å². The number of carbonyl (C=O) groups excluding carboxylic acids is 2. The Morgan fingerprint density at radius 2 is 1.95 bits per heavy atom. The van der Waals surface area contributed by atoms with Gasteiger partial charge >= 0.3 is 0 Å². The minimum atomic E-state index is -0.143. The fraction of sp³-hybridized carbons (Fsp3) is 0.588. The molecule has 22 heavy (non-hydrogen) atoms. The van der Waals surface area contributed by atoms with E-state index in [1.165, 1.54) is 0 Å². The number of hydrogen-bond acceptors (Lipinski definition) is 3. The number of amides is 2. The van der Waals surface area contributed by atoms with Gasteiger partial charge in [0.1, 0.15) is 0 Å². The second-order valence-electron chi connectivity index (χ2n) is 6.65. The van der Waals surface area contributed by atoms with E-state index in [2.05, 4.69) is 4.98 Å². The van der Waals surface area contributed by atoms with Gasteiger partial charge in [-0.2, -0.15) is 0 Å². The molecular weight excluding hydrogens is 278 g/mol. The maximum absolute atomic E-state index is 12.9. The molecule has 1 aliphatic carbocycles. The number of nitrogens with zero attached hydrogens (tertiary/aromatic N) is 3. The van der Waals surface area contributed by atoms with Crippen LogP contribution in [0.4, 0.5) is 0 Å². The van der Waals surface area contributed by atoms with Crippen LogP contribution >= 0.6 is 0 Å². The van der Waals surface area contributed by atoms with E-state index in [9.17, 15) is 9.59 Å². The fourth-order valence-corrected chi connectivity index (χ4v) is 3.83. The first kappa shape index (κ1) is 13.7. The summed E-state index contributed by atoms with van der Waals surface area (Å²) in [6.07, 6.45) is 8.21. The molecule has 0 bridgehead atoms. The van der Waals surface area contributed by atoms with Crippen molar-refractivity contribution in [3.8, 4) is 0 Å². The summed E-state index contributed by atoms with van der Waals surface area (Å²) in [7, 11) is 0. The fourth-order valence-electron chi connectivity index (χ4n) is 3.83. The molecule has 3 aliphatic rings. The molecule has 3 heterocycles. The van der Waals surface area contributed by atoms with Crippen molar-refractivity contribution in [1.82, 2.24) is 14.8 Å². The van der Waals surface area contributed by atoms with E-state index in [0.717, 1.165) is 37.8 Å². The lowest BCUT2D eigenvalue weighted by molar-refractivity contribution is -0.136. The third kappa shape index (κ3) is 2.38. The summed E-state index contributed by atoms with van der Waals surface area (Å²) in [6.45, 7) is 1.43. The lowest BCUT2D eigenvalue weighted by atomic mass is 10.0. The number of carbonyl (C=O) groups is 2. The molecule has 0 spiro atoms. The zero-order valence-electron chi connectivity index (χ0n) is 12.6. The summed E-state index contributed by atoms with van der Waals surface area (Å²) in [6, 6.07) is 4.56. The van der Waals surface area contributed by atoms with E-state index in [1.54, 1.807) is 12.4 Å². The molecule has 0 radical (unpaired) electrons. The highest BCUT2D eigenvalue weighted by atomic mass is 16.2. The van der Waals surface area contributed by atoms with Crippen LogP contribution in [0.15, 0.2) is 24.5 Å². The lowest BCUT2D eigenvalue weighted by Crippen LogP contribution is -2.37. The van der Waals surface area contributed by atoms with E-state index >= 15 is 0 Å². The van der Waals surface area contributed by atoms with Gasteiger partial charge in [-0.15, -0.1) is 0 Å². The van der Waals surface area contributed by atoms with Crippen LogP contribution in [-0.2, 0) is 9.59 Å². The van der Waals surface area contributed by atoms with Crippen LogP contribution in [0.3, 0.4) is 0 Å². The van der Waals surface area contributed by atoms with Gasteiger partial charge in [0.15, 0.2) is 0 Å². The summed E-state index contributed by atoms with van der Waals surface area (Å²) in [5.74, 6) is 0.187. The Hall–Kier alpha value is -1.91. The normalized spacial score (nSPS) is 28.5. The van der Waals surface area contributed by atoms with Crippen molar-refractivity contribution in [1.29, 1.82) is 0 Å². The summed E-state index contributed by atoms with van der Waals surface area (Å²) < 4.78 is 0. The second-order valence-corrected chi connectivity index (χ2v) is 6.65. The standard InChI is InChI=1S/C17H21N3O2/c21-16-10-13(11-20(16)14-3-4-14)17(22)19-9-1-2-15(19)12-5-7-18-8-6-12/h5-8,13-15H,1-4,9-11H2/t13-,15+/m0/s1. The summed E-state index contributed by atoms with van der Waals surface area (Å²) in [4.78, 5) is 33.0. The third-order valence-electron chi connectivity index (χ3n) is 5.12. The molecule has 4 rings (SSSR count). The second kappa shape index (κ2) is 5.38. The van der Waals surface area contributed by atoms with Crippen molar-refractivity contribution >= 4 is 11.8 Å². The summed E-state index contributed by atoms with van der Waals surface area (Å²) in [5.41, 5.74) is 1.16. The molecule has 1 aromatic rings. The molecule has 1 aromatic heterocycles. The largest absolute Gasteiger partial charge is 0.339 e. The van der Waals surface area contributed by atoms with Gasteiger partial charge in [0.05, 0.1) is 12.0 Å². The third-order valence-corrected chi connectivity index (χ3v) is 5.12. The average Bonchev–Trinajstić information content (AvgIpc) is 3.13. The lowest BCUT2D eigenvalue weighted by Gasteiger charge is -2.27. The first-order valence-electron chi connectivity index (χ1n) is 8.24. The minimum absolute atomic E-state index is 0.143. The first-order valence-corrected chi connectivity index (χ1v) is 8.24. The van der Waals surface area contributed by atoms with Crippen molar-refractivity contribution in [3.05, 3.63) is 30.1 Å². The van der Waals surface area contributed by atoms with Crippen LogP contribution in [0.25, 0.3) is 0 Å². The summed E-state index contributed by atoms with van der Waals surface area (Å²) >= 11 is 0. The van der Waals surface area contributed by atoms with Gasteiger partial charge in [0.25, 0.3) is 0 Å². The van der Waals surface area contributed by atoms with E-state index in [1.807, 2.05) is 21.9 Å². The highest BCUT2D eigenvalue weighted by Crippen LogP contribution is 2.37. The average molecular weight is 299 g/mol. The Kier molecular flexibility index (Phi) is 3.36. The van der Waals surface area contributed by atoms with Crippen LogP contribution in [0.5, 0.6) is 0 Å². The topological polar surface area (TPSA) is 53.5 Å². The van der Waals surface area contributed by atoms with Crippen LogP contribution < -0.4 is 0 Å². The summed E-state index contributed by atoms with van der Waals surface area (Å²) in [5, 5.41) is 0. The molecule has 0 N–H and O–H groups in total. The molecule has 2 atom stereocenters. The van der Waals surface area contributed by atoms with E-state index in [-0.39, 0.29) is 23.8 Å². The SMILES string of the molecule is O=C1C[C@H](C(=O)N2CCC[C@@H]2c2ccncc2)CN1C1CC1. The molecule has 2 amide bonds. The quantitative estimate of drug-likeness (QED) is 0.854. The van der Waals surface area contributed by atoms with E-state index in [0.29, 0.717) is 19.0 Å². The Bertz CT molecular complexity index is 585. The number of aromatic nitrogens is 1. The number of hydrogen-bond donors (Lipinski definition) is 0. The molecule has 2 saturated heterocycles. The number of likely N-dealkylation sites (tertiary alicyclic amines) is 2. The van der Waals surface area contributed by atoms with Crippen molar-refractivity contribution in [2.24, 2.45) is 5.92 Å². The minimum Gasteiger partial charge on any atom is -0.339 e. The van der Waals surface area contributed by atoms with Gasteiger partial charge in [0, 0.05) is 37.9 Å². The Morgan fingerprint density at radius 1 is 1.18 bits per heavy atom. The highest BCUT2D eigenvalue weighted by molar-refractivity contribution is 5.90. The number of pyridine rings is 1. The van der Waals surface area contributed by atoms with Crippen LogP contribution in [0, 0.1) is 5.92 Å². The molecule has 5 heteroatoms. The van der Waals surface area contributed by atoms with Gasteiger partial charge in [-0.3, -0.25) is 14.6 Å². The van der Waals surface area contributed by atoms with Crippen LogP contribution in [0.1, 0.15) is 43.7 Å². The van der Waals surface area contributed by atoms with Gasteiger partial charge in [-0.25, -0.2) is 0 Å². The number of rotatable bonds is 3. The maximum atomic E-state index is 12.9. The Balaban J connectivity index is 1.49. The van der Waals surface area contributed by atoms with E-state index < -0.39 is 0 Å². The van der Waals surface area contributed by atoms with E-state index in [4.69, 9.17) is 0 Å². The zero-order valence-corrected chi connectivity index (χ0v) is 12.6. The smallest absolute Gasteiger partial charge is 0.228 e. The predicted octanol–water partition coefficient (Wildman–Crippen LogP) is 1.76. The van der Waals surface area contributed by atoms with Gasteiger partial charge in [0.2, 0.25) is 11.8 Å². The van der Waals surface area contributed by atoms with Gasteiger partial charge in [-0.1, -0.05) is 0 Å². The van der Waals surface area contributed by atoms with Crippen molar-refractivity contribution in [3.63, 3.8) is 0 Å². The predicted molar refractivity (Wildman–Crippen MR) is 80.8 cm³/mol. The van der Waals surface area contributed by atoms with Crippen molar-refractivity contribution in [2.45, 2.75) is 44.2 Å². The monoisotopic (exact) mass is 299 g/mol. The molecule has 2 aliphatic heterocycles. The molecule has 5 nitrogen and oxygen atoms in total. The van der Waals surface area contributed by atoms with Gasteiger partial charge in [-0.05, 0) is 43.4 Å². The van der Waals surface area contributed by atoms with Crippen LogP contribution in [0.2, 0.25) is 0 Å². The molecule has 0 unspecified atom stereocenters. The van der Waals surface area contributed by atoms with Crippen molar-refractivity contribution in [2.75, 3.05) is 13.1 Å². The first-order chi connectivity index (χ1) is 10.7. The molecular formula is C17H21N3O2.